The van der Waals surface area contributed by atoms with E-state index in [-0.39, 0.29) is 18.4 Å². The zero-order valence-corrected chi connectivity index (χ0v) is 11.5. The number of carbonyl (C=O) groups excluding carboxylic acids is 2. The molecule has 1 unspecified atom stereocenters. The molecular formula is C13H18N2O2S. The molecule has 0 fully saturated rings. The van der Waals surface area contributed by atoms with Crippen molar-refractivity contribution in [1.82, 2.24) is 10.2 Å². The number of nitrogens with one attached hydrogen (secondary N) is 1. The summed E-state index contributed by atoms with van der Waals surface area (Å²) in [4.78, 5) is 24.5. The van der Waals surface area contributed by atoms with Crippen LogP contribution in [-0.4, -0.2) is 42.6 Å². The first-order valence-corrected chi connectivity index (χ1v) is 6.22. The van der Waals surface area contributed by atoms with Gasteiger partial charge in [0.05, 0.1) is 11.8 Å². The van der Waals surface area contributed by atoms with Crippen LogP contribution < -0.4 is 5.32 Å². The molecule has 1 N–H and O–H groups in total. The third-order valence-corrected chi connectivity index (χ3v) is 2.90. The Morgan fingerprint density at radius 2 is 1.89 bits per heavy atom. The van der Waals surface area contributed by atoms with Crippen molar-refractivity contribution in [2.24, 2.45) is 0 Å². The molecule has 4 nitrogen and oxygen atoms in total. The highest BCUT2D eigenvalue weighted by molar-refractivity contribution is 7.81. The van der Waals surface area contributed by atoms with Gasteiger partial charge in [-0.2, -0.15) is 12.6 Å². The quantitative estimate of drug-likeness (QED) is 0.772. The van der Waals surface area contributed by atoms with Gasteiger partial charge in [-0.05, 0) is 12.0 Å². The van der Waals surface area contributed by atoms with Gasteiger partial charge in [0.1, 0.15) is 0 Å². The van der Waals surface area contributed by atoms with Gasteiger partial charge in [0.2, 0.25) is 11.8 Å². The van der Waals surface area contributed by atoms with Crippen LogP contribution in [0.5, 0.6) is 0 Å². The zero-order valence-electron chi connectivity index (χ0n) is 10.6. The molecule has 18 heavy (non-hydrogen) atoms. The van der Waals surface area contributed by atoms with Crippen molar-refractivity contribution in [2.75, 3.05) is 20.6 Å². The van der Waals surface area contributed by atoms with E-state index < -0.39 is 5.25 Å². The molecule has 0 spiro atoms. The molecule has 0 heterocycles. The highest BCUT2D eigenvalue weighted by Gasteiger charge is 2.15. The lowest BCUT2D eigenvalue weighted by molar-refractivity contribution is -0.130. The molecule has 2 amide bonds. The molecule has 98 valence electrons. The Kier molecular flexibility index (Phi) is 5.71. The summed E-state index contributed by atoms with van der Waals surface area (Å²) >= 11 is 4.25. The molecule has 0 aliphatic rings. The second-order valence-corrected chi connectivity index (χ2v) is 4.83. The summed E-state index contributed by atoms with van der Waals surface area (Å²) in [5.74, 6) is -0.360. The Balaban J connectivity index is 2.40. The molecule has 0 aromatic heterocycles. The third-order valence-electron chi connectivity index (χ3n) is 2.49. The number of rotatable bonds is 5. The number of nitrogens with zero attached hydrogens (tertiary/aromatic N) is 1. The van der Waals surface area contributed by atoms with Crippen molar-refractivity contribution in [3.05, 3.63) is 35.9 Å². The Morgan fingerprint density at radius 1 is 1.28 bits per heavy atom. The van der Waals surface area contributed by atoms with E-state index in [1.54, 1.807) is 14.1 Å². The van der Waals surface area contributed by atoms with E-state index in [9.17, 15) is 9.59 Å². The first-order chi connectivity index (χ1) is 8.50. The predicted molar refractivity (Wildman–Crippen MR) is 74.6 cm³/mol. The Bertz CT molecular complexity index is 407. The van der Waals surface area contributed by atoms with Crippen molar-refractivity contribution in [3.63, 3.8) is 0 Å². The van der Waals surface area contributed by atoms with E-state index in [0.29, 0.717) is 6.42 Å². The molecular weight excluding hydrogens is 248 g/mol. The fourth-order valence-corrected chi connectivity index (χ4v) is 1.67. The first-order valence-electron chi connectivity index (χ1n) is 5.70. The number of amides is 2. The van der Waals surface area contributed by atoms with Crippen LogP contribution in [0.3, 0.4) is 0 Å². The summed E-state index contributed by atoms with van der Waals surface area (Å²) in [6, 6.07) is 9.66. The van der Waals surface area contributed by atoms with Crippen molar-refractivity contribution < 1.29 is 9.59 Å². The van der Waals surface area contributed by atoms with Crippen LogP contribution in [0.25, 0.3) is 0 Å². The van der Waals surface area contributed by atoms with E-state index in [0.717, 1.165) is 5.56 Å². The summed E-state index contributed by atoms with van der Waals surface area (Å²) < 4.78 is 0. The van der Waals surface area contributed by atoms with Crippen molar-refractivity contribution >= 4 is 24.4 Å². The van der Waals surface area contributed by atoms with Crippen LogP contribution in [0.1, 0.15) is 5.56 Å². The van der Waals surface area contributed by atoms with Crippen LogP contribution in [0, 0.1) is 0 Å². The summed E-state index contributed by atoms with van der Waals surface area (Å²) in [6.45, 7) is 0.0116. The largest absolute Gasteiger partial charge is 0.347 e. The molecule has 5 heteroatoms. The first kappa shape index (κ1) is 14.6. The summed E-state index contributed by atoms with van der Waals surface area (Å²) in [6.07, 6.45) is 0.548. The maximum Gasteiger partial charge on any atom is 0.241 e. The average Bonchev–Trinajstić information content (AvgIpc) is 2.36. The van der Waals surface area contributed by atoms with Gasteiger partial charge >= 0.3 is 0 Å². The molecule has 1 rings (SSSR count). The predicted octanol–water partition coefficient (Wildman–Crippen LogP) is 0.732. The van der Waals surface area contributed by atoms with Gasteiger partial charge in [0, 0.05) is 14.1 Å². The number of hydrogen-bond donors (Lipinski definition) is 2. The molecule has 0 aliphatic heterocycles. The topological polar surface area (TPSA) is 49.4 Å². The third kappa shape index (κ3) is 4.79. The lowest BCUT2D eigenvalue weighted by Gasteiger charge is -2.14. The minimum Gasteiger partial charge on any atom is -0.347 e. The minimum atomic E-state index is -0.442. The van der Waals surface area contributed by atoms with E-state index in [1.165, 1.54) is 4.90 Å². The molecule has 1 aromatic carbocycles. The van der Waals surface area contributed by atoms with E-state index >= 15 is 0 Å². The number of hydrogen-bond acceptors (Lipinski definition) is 3. The normalized spacial score (nSPS) is 11.7. The van der Waals surface area contributed by atoms with Crippen LogP contribution in [0.4, 0.5) is 0 Å². The van der Waals surface area contributed by atoms with Crippen LogP contribution in [-0.2, 0) is 16.0 Å². The molecule has 0 saturated carbocycles. The SMILES string of the molecule is CN(C)C(=O)CNC(=O)C(S)Cc1ccccc1. The summed E-state index contributed by atoms with van der Waals surface area (Å²) in [5.41, 5.74) is 1.05. The number of likely N-dealkylation sites (N-methyl/N-ethyl adjacent to an activating group) is 1. The monoisotopic (exact) mass is 266 g/mol. The Labute approximate surface area is 113 Å². The fourth-order valence-electron chi connectivity index (χ4n) is 1.37. The Morgan fingerprint density at radius 3 is 2.44 bits per heavy atom. The van der Waals surface area contributed by atoms with Gasteiger partial charge in [0.25, 0.3) is 0 Å². The van der Waals surface area contributed by atoms with Crippen molar-refractivity contribution in [2.45, 2.75) is 11.7 Å². The maximum atomic E-state index is 11.7. The number of benzene rings is 1. The fraction of sp³-hybridized carbons (Fsp3) is 0.385. The zero-order chi connectivity index (χ0) is 13.5. The van der Waals surface area contributed by atoms with Crippen LogP contribution in [0.15, 0.2) is 30.3 Å². The molecule has 0 saturated heterocycles. The second kappa shape index (κ2) is 7.06. The standard InChI is InChI=1S/C13H18N2O2S/c1-15(2)12(16)9-14-13(17)11(18)8-10-6-4-3-5-7-10/h3-7,11,18H,8-9H2,1-2H3,(H,14,17). The van der Waals surface area contributed by atoms with Crippen LogP contribution in [0.2, 0.25) is 0 Å². The highest BCUT2D eigenvalue weighted by Crippen LogP contribution is 2.07. The molecule has 1 atom stereocenters. The maximum absolute atomic E-state index is 11.7. The van der Waals surface area contributed by atoms with E-state index in [2.05, 4.69) is 17.9 Å². The molecule has 0 radical (unpaired) electrons. The number of thiol groups is 1. The smallest absolute Gasteiger partial charge is 0.241 e. The van der Waals surface area contributed by atoms with Crippen LogP contribution >= 0.6 is 12.6 Å². The van der Waals surface area contributed by atoms with Crippen molar-refractivity contribution in [3.8, 4) is 0 Å². The summed E-state index contributed by atoms with van der Waals surface area (Å²) in [5, 5.41) is 2.13. The second-order valence-electron chi connectivity index (χ2n) is 4.21. The Hall–Kier alpha value is -1.49. The van der Waals surface area contributed by atoms with Gasteiger partial charge in [-0.15, -0.1) is 0 Å². The lowest BCUT2D eigenvalue weighted by Crippen LogP contribution is -2.40. The summed E-state index contributed by atoms with van der Waals surface area (Å²) in [7, 11) is 3.30. The van der Waals surface area contributed by atoms with Gasteiger partial charge in [-0.1, -0.05) is 30.3 Å². The molecule has 0 bridgehead atoms. The van der Waals surface area contributed by atoms with Gasteiger partial charge in [-0.3, -0.25) is 9.59 Å². The van der Waals surface area contributed by atoms with Gasteiger partial charge in [0.15, 0.2) is 0 Å². The number of carbonyl (C=O) groups is 2. The lowest BCUT2D eigenvalue weighted by atomic mass is 10.1. The van der Waals surface area contributed by atoms with Gasteiger partial charge in [-0.25, -0.2) is 0 Å². The van der Waals surface area contributed by atoms with Gasteiger partial charge < -0.3 is 10.2 Å². The van der Waals surface area contributed by atoms with E-state index in [1.807, 2.05) is 30.3 Å². The van der Waals surface area contributed by atoms with E-state index in [4.69, 9.17) is 0 Å². The highest BCUT2D eigenvalue weighted by atomic mass is 32.1. The molecule has 0 aliphatic carbocycles. The average molecular weight is 266 g/mol. The molecule has 1 aromatic rings. The van der Waals surface area contributed by atoms with Crippen molar-refractivity contribution in [1.29, 1.82) is 0 Å². The minimum absolute atomic E-state index is 0.0116.